The van der Waals surface area contributed by atoms with Crippen LogP contribution in [0.2, 0.25) is 0 Å². The number of benzene rings is 2. The number of hydrogen-bond donors (Lipinski definition) is 1. The van der Waals surface area contributed by atoms with Gasteiger partial charge in [0, 0.05) is 6.04 Å². The Morgan fingerprint density at radius 2 is 1.80 bits per heavy atom. The molecule has 1 aliphatic heterocycles. The summed E-state index contributed by atoms with van der Waals surface area (Å²) >= 11 is 0. The average Bonchev–Trinajstić information content (AvgIpc) is 2.78. The highest BCUT2D eigenvalue weighted by molar-refractivity contribution is 5.66. The molecular weight excluding hydrogens is 246 g/mol. The number of methoxy groups -OCH3 is 1. The number of piperidine rings is 1. The van der Waals surface area contributed by atoms with E-state index in [4.69, 9.17) is 4.74 Å². The molecule has 1 heterocycles. The lowest BCUT2D eigenvalue weighted by Gasteiger charge is -2.20. The van der Waals surface area contributed by atoms with Crippen LogP contribution in [-0.4, -0.2) is 13.7 Å². The SMILES string of the molecule is COc1ccc(-c2ccc3c(c2)[C@H]2C[C@@H]3CCN2)cc1. The van der Waals surface area contributed by atoms with Crippen molar-refractivity contribution < 1.29 is 4.74 Å². The summed E-state index contributed by atoms with van der Waals surface area (Å²) in [6.45, 7) is 1.15. The molecule has 0 amide bonds. The van der Waals surface area contributed by atoms with E-state index in [-0.39, 0.29) is 0 Å². The van der Waals surface area contributed by atoms with E-state index < -0.39 is 0 Å². The third-order valence-electron chi connectivity index (χ3n) is 4.73. The van der Waals surface area contributed by atoms with E-state index in [9.17, 15) is 0 Å². The van der Waals surface area contributed by atoms with E-state index in [1.807, 2.05) is 12.1 Å². The van der Waals surface area contributed by atoms with Gasteiger partial charge in [0.05, 0.1) is 7.11 Å². The highest BCUT2D eigenvalue weighted by Gasteiger charge is 2.33. The van der Waals surface area contributed by atoms with Gasteiger partial charge in [0.2, 0.25) is 0 Å². The van der Waals surface area contributed by atoms with Gasteiger partial charge in [-0.2, -0.15) is 0 Å². The molecule has 2 aliphatic rings. The predicted molar refractivity (Wildman–Crippen MR) is 81.1 cm³/mol. The lowest BCUT2D eigenvalue weighted by atomic mass is 9.95. The maximum atomic E-state index is 5.23. The molecule has 2 aromatic rings. The van der Waals surface area contributed by atoms with Crippen LogP contribution in [0.1, 0.15) is 35.9 Å². The summed E-state index contributed by atoms with van der Waals surface area (Å²) in [6, 6.07) is 15.9. The fourth-order valence-electron chi connectivity index (χ4n) is 3.65. The van der Waals surface area contributed by atoms with E-state index in [1.54, 1.807) is 12.7 Å². The van der Waals surface area contributed by atoms with Crippen molar-refractivity contribution in [3.8, 4) is 16.9 Å². The third kappa shape index (κ3) is 1.83. The van der Waals surface area contributed by atoms with Crippen LogP contribution in [0.25, 0.3) is 11.1 Å². The van der Waals surface area contributed by atoms with Gasteiger partial charge in [0.1, 0.15) is 5.75 Å². The molecule has 102 valence electrons. The summed E-state index contributed by atoms with van der Waals surface area (Å²) in [5.74, 6) is 1.69. The molecule has 1 saturated heterocycles. The summed E-state index contributed by atoms with van der Waals surface area (Å²) in [6.07, 6.45) is 2.56. The summed E-state index contributed by atoms with van der Waals surface area (Å²) in [5, 5.41) is 3.64. The number of ether oxygens (including phenoxy) is 1. The predicted octanol–water partition coefficient (Wildman–Crippen LogP) is 3.88. The Labute approximate surface area is 119 Å². The fourth-order valence-corrected chi connectivity index (χ4v) is 3.65. The van der Waals surface area contributed by atoms with Crippen molar-refractivity contribution in [1.29, 1.82) is 0 Å². The number of fused-ring (bicyclic) bond motifs is 5. The molecule has 0 aromatic heterocycles. The third-order valence-corrected chi connectivity index (χ3v) is 4.73. The van der Waals surface area contributed by atoms with E-state index in [1.165, 1.54) is 29.5 Å². The van der Waals surface area contributed by atoms with Gasteiger partial charge in [-0.3, -0.25) is 0 Å². The number of rotatable bonds is 2. The highest BCUT2D eigenvalue weighted by atomic mass is 16.5. The largest absolute Gasteiger partial charge is 0.497 e. The first kappa shape index (κ1) is 12.0. The van der Waals surface area contributed by atoms with E-state index in [0.29, 0.717) is 6.04 Å². The summed E-state index contributed by atoms with van der Waals surface area (Å²) in [4.78, 5) is 0. The van der Waals surface area contributed by atoms with Crippen LogP contribution in [0.5, 0.6) is 5.75 Å². The normalized spacial score (nSPS) is 23.4. The second kappa shape index (κ2) is 4.64. The Morgan fingerprint density at radius 3 is 2.60 bits per heavy atom. The smallest absolute Gasteiger partial charge is 0.118 e. The number of nitrogens with one attached hydrogen (secondary N) is 1. The zero-order valence-corrected chi connectivity index (χ0v) is 11.7. The summed E-state index contributed by atoms with van der Waals surface area (Å²) in [7, 11) is 1.70. The van der Waals surface area contributed by atoms with E-state index in [2.05, 4.69) is 35.6 Å². The zero-order chi connectivity index (χ0) is 13.5. The first-order valence-corrected chi connectivity index (χ1v) is 7.37. The monoisotopic (exact) mass is 265 g/mol. The lowest BCUT2D eigenvalue weighted by Crippen LogP contribution is -2.25. The highest BCUT2D eigenvalue weighted by Crippen LogP contribution is 2.45. The van der Waals surface area contributed by atoms with Gasteiger partial charge in [-0.25, -0.2) is 0 Å². The van der Waals surface area contributed by atoms with Crippen molar-refractivity contribution in [1.82, 2.24) is 5.32 Å². The molecule has 4 rings (SSSR count). The molecule has 1 fully saturated rings. The molecule has 0 saturated carbocycles. The molecule has 0 unspecified atom stereocenters. The van der Waals surface area contributed by atoms with Gasteiger partial charge in [0.25, 0.3) is 0 Å². The van der Waals surface area contributed by atoms with Crippen LogP contribution in [-0.2, 0) is 0 Å². The van der Waals surface area contributed by atoms with Crippen LogP contribution in [0.4, 0.5) is 0 Å². The van der Waals surface area contributed by atoms with Crippen molar-refractivity contribution in [3.63, 3.8) is 0 Å². The Balaban J connectivity index is 1.73. The van der Waals surface area contributed by atoms with Crippen LogP contribution >= 0.6 is 0 Å². The van der Waals surface area contributed by atoms with Gasteiger partial charge < -0.3 is 10.1 Å². The van der Waals surface area contributed by atoms with Crippen LogP contribution in [0.15, 0.2) is 42.5 Å². The second-order valence-corrected chi connectivity index (χ2v) is 5.80. The molecule has 2 aromatic carbocycles. The number of hydrogen-bond acceptors (Lipinski definition) is 2. The maximum absolute atomic E-state index is 5.23. The Morgan fingerprint density at radius 1 is 1.00 bits per heavy atom. The fraction of sp³-hybridized carbons (Fsp3) is 0.333. The van der Waals surface area contributed by atoms with E-state index in [0.717, 1.165) is 18.2 Å². The molecule has 2 heteroatoms. The minimum Gasteiger partial charge on any atom is -0.497 e. The molecule has 0 radical (unpaired) electrons. The van der Waals surface area contributed by atoms with E-state index >= 15 is 0 Å². The Hall–Kier alpha value is -1.80. The van der Waals surface area contributed by atoms with Gasteiger partial charge in [-0.05, 0) is 65.8 Å². The standard InChI is InChI=1S/C18H19NO/c1-20-15-5-2-12(3-6-15)13-4-7-16-14-8-9-19-18(11-14)17(16)10-13/h2-7,10,14,18-19H,8-9,11H2,1H3/t14-,18+/m0/s1. The molecule has 2 nitrogen and oxygen atoms in total. The van der Waals surface area contributed by atoms with Crippen molar-refractivity contribution in [3.05, 3.63) is 53.6 Å². The van der Waals surface area contributed by atoms with Crippen LogP contribution in [0, 0.1) is 0 Å². The molecule has 20 heavy (non-hydrogen) atoms. The maximum Gasteiger partial charge on any atom is 0.118 e. The van der Waals surface area contributed by atoms with Gasteiger partial charge in [0.15, 0.2) is 0 Å². The van der Waals surface area contributed by atoms with Crippen molar-refractivity contribution in [2.45, 2.75) is 24.8 Å². The second-order valence-electron chi connectivity index (χ2n) is 5.80. The van der Waals surface area contributed by atoms with Gasteiger partial charge in [-0.1, -0.05) is 24.3 Å². The topological polar surface area (TPSA) is 21.3 Å². The zero-order valence-electron chi connectivity index (χ0n) is 11.7. The minimum absolute atomic E-state index is 0.571. The van der Waals surface area contributed by atoms with Crippen molar-refractivity contribution in [2.75, 3.05) is 13.7 Å². The molecule has 0 spiro atoms. The Bertz CT molecular complexity index is 632. The average molecular weight is 265 g/mol. The van der Waals surface area contributed by atoms with Crippen molar-refractivity contribution >= 4 is 0 Å². The quantitative estimate of drug-likeness (QED) is 0.889. The first-order valence-electron chi connectivity index (χ1n) is 7.37. The minimum atomic E-state index is 0.571. The van der Waals surface area contributed by atoms with Crippen LogP contribution < -0.4 is 10.1 Å². The molecule has 1 aliphatic carbocycles. The van der Waals surface area contributed by atoms with Crippen LogP contribution in [0.3, 0.4) is 0 Å². The first-order chi connectivity index (χ1) is 9.85. The Kier molecular flexibility index (Phi) is 2.78. The van der Waals surface area contributed by atoms with Crippen molar-refractivity contribution in [2.24, 2.45) is 0 Å². The summed E-state index contributed by atoms with van der Waals surface area (Å²) in [5.41, 5.74) is 5.65. The molecular formula is C18H19NO. The van der Waals surface area contributed by atoms with Gasteiger partial charge in [-0.15, -0.1) is 0 Å². The molecule has 2 bridgehead atoms. The van der Waals surface area contributed by atoms with Gasteiger partial charge >= 0.3 is 0 Å². The molecule has 2 atom stereocenters. The molecule has 1 N–H and O–H groups in total. The summed E-state index contributed by atoms with van der Waals surface area (Å²) < 4.78 is 5.23. The lowest BCUT2D eigenvalue weighted by molar-refractivity contribution is 0.410.